The van der Waals surface area contributed by atoms with Gasteiger partial charge in [0.05, 0.1) is 35.1 Å². The van der Waals surface area contributed by atoms with Crippen LogP contribution in [0.4, 0.5) is 5.69 Å². The molecule has 2 heterocycles. The molecule has 0 radical (unpaired) electrons. The Labute approximate surface area is 290 Å². The van der Waals surface area contributed by atoms with Crippen LogP contribution in [0.15, 0.2) is 72.8 Å². The Bertz CT molecular complexity index is 1970. The number of carbonyl (C=O) groups excluding carboxylic acids is 1. The number of carboxylic acids is 1. The molecule has 50 heavy (non-hydrogen) atoms. The molecular weight excluding hydrogens is 661 g/mol. The third kappa shape index (κ3) is 8.77. The van der Waals surface area contributed by atoms with E-state index < -0.39 is 21.7 Å². The topological polar surface area (TPSA) is 208 Å². The molecule has 0 unspecified atom stereocenters. The molecule has 6 N–H and O–H groups in total. The lowest BCUT2D eigenvalue weighted by molar-refractivity contribution is -0.134. The summed E-state index contributed by atoms with van der Waals surface area (Å²) in [5.74, 6) is -1.72. The Kier molecular flexibility index (Phi) is 11.0. The maximum absolute atomic E-state index is 13.6. The molecule has 5 rings (SSSR count). The normalized spacial score (nSPS) is 14.2. The van der Waals surface area contributed by atoms with Gasteiger partial charge in [0, 0.05) is 44.5 Å². The van der Waals surface area contributed by atoms with Crippen molar-refractivity contribution in [2.45, 2.75) is 58.3 Å². The number of nitrogens with one attached hydrogen (secondary N) is 3. The molecule has 0 aliphatic carbocycles. The van der Waals surface area contributed by atoms with Gasteiger partial charge in [-0.2, -0.15) is 0 Å². The number of hydrogen-bond acceptors (Lipinski definition) is 8. The number of amides is 1. The number of carboxylic acid groups (broad SMARTS) is 1. The number of fused-ring (bicyclic) bond motifs is 1. The standard InChI is InChI=1S/C35H42N8O6S/c1-23(25-6-4-3-5-7-25)39-33(44)16-19-42-31-13-8-26(35(37)38)20-30(31)40-32(42)21-43(50(47,48)22-34(45)46)27-9-11-28(12-10-27)49-29-14-17-41(18-15-29)24(2)36/h3-13,20,23,29,36H,14-19,21-22H2,1-2H3,(H3,37,38)(H,39,44)(H,45,46)/t23-/m0/s1. The molecule has 1 aromatic heterocycles. The molecule has 1 fully saturated rings. The Hall–Kier alpha value is -5.44. The lowest BCUT2D eigenvalue weighted by Gasteiger charge is -2.33. The highest BCUT2D eigenvalue weighted by Gasteiger charge is 2.29. The van der Waals surface area contributed by atoms with Crippen LogP contribution in [0.25, 0.3) is 11.0 Å². The summed E-state index contributed by atoms with van der Waals surface area (Å²) < 4.78 is 36.0. The molecule has 0 bridgehead atoms. The van der Waals surface area contributed by atoms with Crippen molar-refractivity contribution in [1.82, 2.24) is 19.8 Å². The number of carbonyl (C=O) groups is 2. The van der Waals surface area contributed by atoms with Crippen molar-refractivity contribution in [3.05, 3.63) is 89.7 Å². The number of amidine groups is 2. The Morgan fingerprint density at radius 1 is 1.08 bits per heavy atom. The van der Waals surface area contributed by atoms with Crippen molar-refractivity contribution < 1.29 is 27.9 Å². The number of aryl methyl sites for hydroxylation is 1. The summed E-state index contributed by atoms with van der Waals surface area (Å²) in [7, 11) is -4.40. The highest BCUT2D eigenvalue weighted by Crippen LogP contribution is 2.28. The van der Waals surface area contributed by atoms with Gasteiger partial charge in [0.15, 0.2) is 5.75 Å². The van der Waals surface area contributed by atoms with Gasteiger partial charge in [-0.05, 0) is 61.9 Å². The number of likely N-dealkylation sites (tertiary alicyclic amines) is 1. The van der Waals surface area contributed by atoms with E-state index in [1.165, 1.54) is 0 Å². The Balaban J connectivity index is 1.42. The SMILES string of the molecule is CC(=N)N1CCC(Oc2ccc(N(Cc3nc4cc(C(=N)N)ccc4n3CCC(=O)N[C@@H](C)c3ccccc3)S(=O)(=O)CC(=O)O)cc2)CC1. The van der Waals surface area contributed by atoms with Crippen LogP contribution < -0.4 is 20.1 Å². The van der Waals surface area contributed by atoms with Gasteiger partial charge in [-0.3, -0.25) is 24.7 Å². The van der Waals surface area contributed by atoms with E-state index >= 15 is 0 Å². The molecule has 1 aliphatic heterocycles. The van der Waals surface area contributed by atoms with Gasteiger partial charge < -0.3 is 30.4 Å². The van der Waals surface area contributed by atoms with Crippen LogP contribution in [-0.2, 0) is 32.7 Å². The third-order valence-corrected chi connectivity index (χ3v) is 10.3. The first-order valence-corrected chi connectivity index (χ1v) is 17.9. The van der Waals surface area contributed by atoms with Crippen molar-refractivity contribution in [2.75, 3.05) is 23.1 Å². The van der Waals surface area contributed by atoms with Crippen LogP contribution >= 0.6 is 0 Å². The summed E-state index contributed by atoms with van der Waals surface area (Å²) in [4.78, 5) is 31.4. The zero-order valence-corrected chi connectivity index (χ0v) is 28.8. The van der Waals surface area contributed by atoms with E-state index in [2.05, 4.69) is 5.32 Å². The first-order chi connectivity index (χ1) is 23.8. The van der Waals surface area contributed by atoms with Crippen LogP contribution in [-0.4, -0.2) is 76.5 Å². The molecule has 3 aromatic carbocycles. The molecule has 15 heteroatoms. The lowest BCUT2D eigenvalue weighted by atomic mass is 10.1. The van der Waals surface area contributed by atoms with Gasteiger partial charge in [0.25, 0.3) is 0 Å². The summed E-state index contributed by atoms with van der Waals surface area (Å²) in [5, 5.41) is 28.2. The number of benzene rings is 3. The largest absolute Gasteiger partial charge is 0.490 e. The average Bonchev–Trinajstić information content (AvgIpc) is 3.43. The second-order valence-corrected chi connectivity index (χ2v) is 14.2. The molecule has 0 spiro atoms. The number of nitrogen functional groups attached to an aromatic ring is 1. The highest BCUT2D eigenvalue weighted by atomic mass is 32.2. The van der Waals surface area contributed by atoms with E-state index in [0.717, 1.165) is 22.7 Å². The number of nitrogens with two attached hydrogens (primary N) is 1. The minimum absolute atomic E-state index is 0.0519. The van der Waals surface area contributed by atoms with Crippen molar-refractivity contribution in [2.24, 2.45) is 5.73 Å². The maximum atomic E-state index is 13.6. The number of aliphatic carboxylic acids is 1. The first kappa shape index (κ1) is 35.9. The quantitative estimate of drug-likeness (QED) is 0.0954. The zero-order chi connectivity index (χ0) is 36.0. The van der Waals surface area contributed by atoms with Crippen molar-refractivity contribution in [3.63, 3.8) is 0 Å². The van der Waals surface area contributed by atoms with E-state index in [1.807, 2.05) is 42.2 Å². The van der Waals surface area contributed by atoms with Crippen LogP contribution in [0.3, 0.4) is 0 Å². The van der Waals surface area contributed by atoms with Crippen molar-refractivity contribution in [3.8, 4) is 5.75 Å². The fourth-order valence-electron chi connectivity index (χ4n) is 5.97. The number of imidazole rings is 1. The predicted molar refractivity (Wildman–Crippen MR) is 191 cm³/mol. The Morgan fingerprint density at radius 3 is 2.38 bits per heavy atom. The van der Waals surface area contributed by atoms with Gasteiger partial charge >= 0.3 is 5.97 Å². The van der Waals surface area contributed by atoms with Crippen molar-refractivity contribution >= 4 is 50.3 Å². The van der Waals surface area contributed by atoms with Crippen LogP contribution in [0.2, 0.25) is 0 Å². The Morgan fingerprint density at radius 2 is 1.76 bits per heavy atom. The molecule has 1 atom stereocenters. The number of ether oxygens (including phenoxy) is 1. The fraction of sp³-hybridized carbons (Fsp3) is 0.343. The van der Waals surface area contributed by atoms with Crippen LogP contribution in [0.1, 0.15) is 56.1 Å². The van der Waals surface area contributed by atoms with E-state index in [4.69, 9.17) is 26.3 Å². The molecule has 1 amide bonds. The molecule has 1 aliphatic rings. The first-order valence-electron chi connectivity index (χ1n) is 16.3. The minimum atomic E-state index is -4.40. The van der Waals surface area contributed by atoms with Gasteiger partial charge in [-0.1, -0.05) is 30.3 Å². The van der Waals surface area contributed by atoms with E-state index in [1.54, 1.807) is 54.0 Å². The number of sulfonamides is 1. The summed E-state index contributed by atoms with van der Waals surface area (Å²) in [6, 6.07) is 20.7. The van der Waals surface area contributed by atoms with Gasteiger partial charge in [-0.25, -0.2) is 13.4 Å². The number of nitrogens with zero attached hydrogens (tertiary/aromatic N) is 4. The molecule has 14 nitrogen and oxygen atoms in total. The third-order valence-electron chi connectivity index (χ3n) is 8.65. The zero-order valence-electron chi connectivity index (χ0n) is 28.0. The van der Waals surface area contributed by atoms with E-state index in [9.17, 15) is 23.1 Å². The van der Waals surface area contributed by atoms with Crippen molar-refractivity contribution in [1.29, 1.82) is 10.8 Å². The van der Waals surface area contributed by atoms with Crippen LogP contribution in [0, 0.1) is 10.8 Å². The summed E-state index contributed by atoms with van der Waals surface area (Å²) >= 11 is 0. The molecule has 1 saturated heterocycles. The van der Waals surface area contributed by atoms with Gasteiger partial charge in [0.2, 0.25) is 15.9 Å². The minimum Gasteiger partial charge on any atom is -0.490 e. The predicted octanol–water partition coefficient (Wildman–Crippen LogP) is 3.85. The molecule has 4 aromatic rings. The molecule has 264 valence electrons. The van der Waals surface area contributed by atoms with E-state index in [-0.39, 0.29) is 54.9 Å². The number of rotatable bonds is 14. The number of piperidine rings is 1. The van der Waals surface area contributed by atoms with Gasteiger partial charge in [-0.15, -0.1) is 0 Å². The molecular formula is C35H42N8O6S. The van der Waals surface area contributed by atoms with Gasteiger partial charge in [0.1, 0.15) is 23.5 Å². The summed E-state index contributed by atoms with van der Waals surface area (Å²) in [6.45, 7) is 4.88. The molecule has 0 saturated carbocycles. The fourth-order valence-corrected chi connectivity index (χ4v) is 7.20. The summed E-state index contributed by atoms with van der Waals surface area (Å²) in [5.41, 5.74) is 8.34. The average molecular weight is 703 g/mol. The van der Waals surface area contributed by atoms with E-state index in [0.29, 0.717) is 41.3 Å². The number of anilines is 1. The second-order valence-electron chi connectivity index (χ2n) is 12.3. The smallest absolute Gasteiger partial charge is 0.320 e. The highest BCUT2D eigenvalue weighted by molar-refractivity contribution is 7.93. The lowest BCUT2D eigenvalue weighted by Crippen LogP contribution is -2.40. The maximum Gasteiger partial charge on any atom is 0.320 e. The second kappa shape index (κ2) is 15.4. The monoisotopic (exact) mass is 702 g/mol. The number of hydrogen-bond donors (Lipinski definition) is 5. The number of aromatic nitrogens is 2. The van der Waals surface area contributed by atoms with Crippen LogP contribution in [0.5, 0.6) is 5.75 Å². The summed E-state index contributed by atoms with van der Waals surface area (Å²) in [6.07, 6.45) is 1.47.